The molecule has 190 valence electrons. The maximum absolute atomic E-state index is 12.4. The first-order valence-corrected chi connectivity index (χ1v) is 14.3. The Hall–Kier alpha value is -1.43. The van der Waals surface area contributed by atoms with Crippen molar-refractivity contribution in [2.45, 2.75) is 80.9 Å². The number of unbranched alkanes of at least 4 members (excludes halogenated alkanes) is 8. The molecule has 0 aliphatic heterocycles. The number of carbonyl (C=O) groups excluding carboxylic acids is 1. The molecular formula is C24H33NaO8S2. The van der Waals surface area contributed by atoms with Crippen LogP contribution in [0.1, 0.15) is 71.1 Å². The van der Waals surface area contributed by atoms with Crippen LogP contribution in [0.3, 0.4) is 0 Å². The minimum atomic E-state index is -4.39. The molecule has 0 fully saturated rings. The summed E-state index contributed by atoms with van der Waals surface area (Å²) in [6.07, 6.45) is 10.6. The molecule has 0 amide bonds. The van der Waals surface area contributed by atoms with Crippen molar-refractivity contribution in [2.24, 2.45) is 0 Å². The third-order valence-electron chi connectivity index (χ3n) is 5.16. The van der Waals surface area contributed by atoms with Crippen molar-refractivity contribution in [2.75, 3.05) is 0 Å². The molecule has 0 aliphatic carbocycles. The van der Waals surface area contributed by atoms with E-state index in [9.17, 15) is 21.6 Å². The SMILES string of the molecule is CCCCCCCCCCCC(=O)Oc1ccc(S(=O)(=O)Oc2ccc(S(=O)(=O)O)cc2)cc1.[NaH]. The Bertz CT molecular complexity index is 1110. The van der Waals surface area contributed by atoms with Gasteiger partial charge in [-0.15, -0.1) is 0 Å². The molecule has 0 heterocycles. The van der Waals surface area contributed by atoms with Crippen LogP contribution in [0.15, 0.2) is 58.3 Å². The number of ether oxygens (including phenoxy) is 1. The number of hydrogen-bond donors (Lipinski definition) is 1. The number of carbonyl (C=O) groups is 1. The Morgan fingerprint density at radius 2 is 1.17 bits per heavy atom. The fourth-order valence-corrected chi connectivity index (χ4v) is 4.69. The van der Waals surface area contributed by atoms with Crippen molar-refractivity contribution in [1.82, 2.24) is 0 Å². The third-order valence-corrected chi connectivity index (χ3v) is 7.29. The van der Waals surface area contributed by atoms with E-state index in [1.807, 2.05) is 0 Å². The van der Waals surface area contributed by atoms with Crippen LogP contribution in [0.4, 0.5) is 0 Å². The summed E-state index contributed by atoms with van der Waals surface area (Å²) in [5, 5.41) is 0. The van der Waals surface area contributed by atoms with Gasteiger partial charge in [0.15, 0.2) is 0 Å². The molecule has 0 aromatic heterocycles. The first kappa shape index (κ1) is 31.6. The van der Waals surface area contributed by atoms with Gasteiger partial charge in [0.25, 0.3) is 10.1 Å². The van der Waals surface area contributed by atoms with Crippen LogP contribution < -0.4 is 8.92 Å². The summed E-state index contributed by atoms with van der Waals surface area (Å²) in [6.45, 7) is 2.20. The van der Waals surface area contributed by atoms with Gasteiger partial charge >= 0.3 is 45.6 Å². The Balaban J connectivity index is 0.00000612. The molecule has 8 nitrogen and oxygen atoms in total. The molecule has 1 N–H and O–H groups in total. The van der Waals surface area contributed by atoms with E-state index in [0.717, 1.165) is 43.5 Å². The van der Waals surface area contributed by atoms with Crippen LogP contribution in [0.25, 0.3) is 0 Å². The van der Waals surface area contributed by atoms with Crippen LogP contribution in [0.5, 0.6) is 11.5 Å². The average molecular weight is 537 g/mol. The zero-order valence-corrected chi connectivity index (χ0v) is 20.9. The second-order valence-corrected chi connectivity index (χ2v) is 11.0. The van der Waals surface area contributed by atoms with Gasteiger partial charge in [0.2, 0.25) is 0 Å². The predicted molar refractivity (Wildman–Crippen MR) is 135 cm³/mol. The van der Waals surface area contributed by atoms with Gasteiger partial charge in [-0.3, -0.25) is 9.35 Å². The second-order valence-electron chi connectivity index (χ2n) is 8.01. The first-order valence-electron chi connectivity index (χ1n) is 11.4. The van der Waals surface area contributed by atoms with Crippen molar-refractivity contribution >= 4 is 55.8 Å². The maximum atomic E-state index is 12.4. The molecule has 35 heavy (non-hydrogen) atoms. The van der Waals surface area contributed by atoms with Gasteiger partial charge in [-0.05, 0) is 55.0 Å². The van der Waals surface area contributed by atoms with Crippen molar-refractivity contribution in [3.8, 4) is 11.5 Å². The van der Waals surface area contributed by atoms with Crippen LogP contribution in [0, 0.1) is 0 Å². The Labute approximate surface area is 230 Å². The molecule has 0 unspecified atom stereocenters. The standard InChI is InChI=1S/C24H32O8S2.Na.H/c1-2-3-4-5-6-7-8-9-10-11-24(25)31-20-12-18-23(19-13-20)34(29,30)32-21-14-16-22(17-15-21)33(26,27)28;;/h12-19H,2-11H2,1H3,(H,26,27,28);;. The molecule has 0 bridgehead atoms. The zero-order chi connectivity index (χ0) is 25.0. The fraction of sp³-hybridized carbons (Fsp3) is 0.458. The Morgan fingerprint density at radius 1 is 0.714 bits per heavy atom. The zero-order valence-electron chi connectivity index (χ0n) is 19.3. The number of rotatable bonds is 15. The summed E-state index contributed by atoms with van der Waals surface area (Å²) < 4.78 is 66.2. The van der Waals surface area contributed by atoms with E-state index in [0.29, 0.717) is 6.42 Å². The van der Waals surface area contributed by atoms with Crippen molar-refractivity contribution in [3.63, 3.8) is 0 Å². The monoisotopic (exact) mass is 536 g/mol. The summed E-state index contributed by atoms with van der Waals surface area (Å²) in [7, 11) is -8.58. The molecule has 2 aromatic carbocycles. The van der Waals surface area contributed by atoms with Gasteiger partial charge in [0.05, 0.1) is 4.90 Å². The average Bonchev–Trinajstić information content (AvgIpc) is 2.78. The number of hydrogen-bond acceptors (Lipinski definition) is 7. The number of esters is 1. The van der Waals surface area contributed by atoms with Gasteiger partial charge in [-0.25, -0.2) is 0 Å². The van der Waals surface area contributed by atoms with Crippen molar-refractivity contribution in [3.05, 3.63) is 48.5 Å². The second kappa shape index (κ2) is 15.6. The van der Waals surface area contributed by atoms with E-state index in [1.165, 1.54) is 62.8 Å². The Morgan fingerprint density at radius 3 is 1.69 bits per heavy atom. The predicted octanol–water partition coefficient (Wildman–Crippen LogP) is 4.88. The summed E-state index contributed by atoms with van der Waals surface area (Å²) in [5.41, 5.74) is 0. The summed E-state index contributed by atoms with van der Waals surface area (Å²) >= 11 is 0. The van der Waals surface area contributed by atoms with Crippen LogP contribution in [-0.2, 0) is 25.0 Å². The van der Waals surface area contributed by atoms with E-state index in [4.69, 9.17) is 13.5 Å². The topological polar surface area (TPSA) is 124 Å². The molecule has 2 rings (SSSR count). The van der Waals surface area contributed by atoms with E-state index in [1.54, 1.807) is 0 Å². The van der Waals surface area contributed by atoms with Gasteiger partial charge < -0.3 is 8.92 Å². The Kier molecular flexibility index (Phi) is 14.1. The molecule has 0 radical (unpaired) electrons. The fourth-order valence-electron chi connectivity index (χ4n) is 3.28. The molecule has 0 atom stereocenters. The quantitative estimate of drug-likeness (QED) is 0.0853. The van der Waals surface area contributed by atoms with Gasteiger partial charge in [0.1, 0.15) is 16.4 Å². The van der Waals surface area contributed by atoms with Crippen LogP contribution >= 0.6 is 0 Å². The van der Waals surface area contributed by atoms with E-state index in [-0.39, 0.29) is 56.8 Å². The van der Waals surface area contributed by atoms with E-state index >= 15 is 0 Å². The van der Waals surface area contributed by atoms with Crippen molar-refractivity contribution in [1.29, 1.82) is 0 Å². The third kappa shape index (κ3) is 11.9. The molecule has 0 aliphatic rings. The summed E-state index contributed by atoms with van der Waals surface area (Å²) in [6, 6.07) is 9.52. The first-order chi connectivity index (χ1) is 16.1. The van der Waals surface area contributed by atoms with Crippen LogP contribution in [-0.4, -0.2) is 56.9 Å². The summed E-state index contributed by atoms with van der Waals surface area (Å²) in [5.74, 6) is -0.255. The van der Waals surface area contributed by atoms with E-state index < -0.39 is 20.2 Å². The van der Waals surface area contributed by atoms with Gasteiger partial charge in [-0.1, -0.05) is 58.3 Å². The molecule has 0 saturated heterocycles. The molecule has 2 aromatic rings. The van der Waals surface area contributed by atoms with Crippen LogP contribution in [0.2, 0.25) is 0 Å². The number of benzene rings is 2. The van der Waals surface area contributed by atoms with Gasteiger partial charge in [-0.2, -0.15) is 16.8 Å². The molecule has 11 heteroatoms. The minimum absolute atomic E-state index is 0. The normalized spacial score (nSPS) is 11.5. The summed E-state index contributed by atoms with van der Waals surface area (Å²) in [4.78, 5) is 11.5. The van der Waals surface area contributed by atoms with Gasteiger partial charge in [0, 0.05) is 6.42 Å². The molecule has 0 spiro atoms. The van der Waals surface area contributed by atoms with Crippen molar-refractivity contribution < 1.29 is 35.1 Å². The molecule has 0 saturated carbocycles. The molecular weight excluding hydrogens is 503 g/mol. The van der Waals surface area contributed by atoms with E-state index in [2.05, 4.69) is 6.92 Å².